The quantitative estimate of drug-likeness (QED) is 0.0974. The minimum absolute atomic E-state index is 0.0466. The molecule has 1 amide bonds. The van der Waals surface area contributed by atoms with E-state index in [9.17, 15) is 14.8 Å². The summed E-state index contributed by atoms with van der Waals surface area (Å²) in [5.74, 6) is 2.48. The fourth-order valence-corrected chi connectivity index (χ4v) is 4.71. The van der Waals surface area contributed by atoms with Gasteiger partial charge in [0.25, 0.3) is 11.8 Å². The number of anilines is 3. The summed E-state index contributed by atoms with van der Waals surface area (Å²) in [5, 5.41) is 19.2. The van der Waals surface area contributed by atoms with Crippen LogP contribution in [-0.2, 0) is 0 Å². The molecule has 0 radical (unpaired) electrons. The highest BCUT2D eigenvalue weighted by atomic mass is 16.5. The highest BCUT2D eigenvalue weighted by Crippen LogP contribution is 2.29. The van der Waals surface area contributed by atoms with Crippen molar-refractivity contribution in [1.82, 2.24) is 15.0 Å². The fourth-order valence-electron chi connectivity index (χ4n) is 4.71. The molecule has 0 aliphatic rings. The molecule has 3 heterocycles. The van der Waals surface area contributed by atoms with Gasteiger partial charge in [-0.05, 0) is 97.1 Å². The first-order valence-electron chi connectivity index (χ1n) is 14.6. The van der Waals surface area contributed by atoms with E-state index in [1.807, 2.05) is 30.3 Å². The number of para-hydroxylation sites is 1. The maximum absolute atomic E-state index is 13.2. The van der Waals surface area contributed by atoms with Crippen molar-refractivity contribution in [2.75, 3.05) is 10.6 Å². The Morgan fingerprint density at radius 1 is 0.812 bits per heavy atom. The van der Waals surface area contributed by atoms with Crippen molar-refractivity contribution in [3.05, 3.63) is 138 Å². The van der Waals surface area contributed by atoms with E-state index >= 15 is 0 Å². The van der Waals surface area contributed by atoms with E-state index in [1.54, 1.807) is 84.9 Å². The first-order chi connectivity index (χ1) is 23.5. The Labute approximate surface area is 272 Å². The van der Waals surface area contributed by atoms with Gasteiger partial charge in [-0.2, -0.15) is 0 Å². The van der Waals surface area contributed by atoms with E-state index in [2.05, 4.69) is 30.8 Å². The second-order valence-electron chi connectivity index (χ2n) is 10.4. The van der Waals surface area contributed by atoms with Crippen LogP contribution in [-0.4, -0.2) is 26.0 Å². The Balaban J connectivity index is 1.11. The van der Waals surface area contributed by atoms with Gasteiger partial charge in [-0.1, -0.05) is 18.2 Å². The van der Waals surface area contributed by atoms with Crippen LogP contribution in [0.3, 0.4) is 0 Å². The third kappa shape index (κ3) is 6.77. The van der Waals surface area contributed by atoms with Gasteiger partial charge in [0.05, 0.1) is 5.52 Å². The lowest BCUT2D eigenvalue weighted by atomic mass is 10.2. The average Bonchev–Trinajstić information content (AvgIpc) is 3.80. The molecule has 3 aromatic heterocycles. The molecule has 0 spiro atoms. The zero-order valence-corrected chi connectivity index (χ0v) is 24.9. The van der Waals surface area contributed by atoms with Gasteiger partial charge in [0.1, 0.15) is 35.1 Å². The first-order valence-corrected chi connectivity index (χ1v) is 14.6. The number of furan rings is 1. The number of hydrogen-bond acceptors (Lipinski definition) is 11. The number of aromatic nitrogens is 3. The summed E-state index contributed by atoms with van der Waals surface area (Å²) in [6, 6.07) is 31.4. The van der Waals surface area contributed by atoms with Crippen molar-refractivity contribution >= 4 is 52.0 Å². The van der Waals surface area contributed by atoms with Crippen molar-refractivity contribution < 1.29 is 23.5 Å². The highest BCUT2D eigenvalue weighted by molar-refractivity contribution is 6.04. The highest BCUT2D eigenvalue weighted by Gasteiger charge is 2.16. The molecule has 234 valence electrons. The molecule has 12 nitrogen and oxygen atoms in total. The largest absolute Gasteiger partial charge is 0.508 e. The number of rotatable bonds is 10. The number of amides is 1. The summed E-state index contributed by atoms with van der Waals surface area (Å²) >= 11 is 0. The molecule has 0 fully saturated rings. The summed E-state index contributed by atoms with van der Waals surface area (Å²) in [4.78, 5) is 37.6. The van der Waals surface area contributed by atoms with Gasteiger partial charge >= 0.3 is 0 Å². The number of carbonyl (C=O) groups excluding carboxylic acids is 1. The standard InChI is InChI=1S/C36H24N6O6/c43-25-11-8-23(9-12-25)37-34-29-17-10-24(20-30(29)39-32(41-34)18-15-28-16-19-33(42-45)48-28)38-35(44)31-21-46-36(40-31)22-6-13-27(14-7-22)47-26-4-2-1-3-5-26/h1-21,43H,(H,38,44)(H,37,39,41)/b18-15+. The molecular formula is C36H24N6O6. The Kier molecular flexibility index (Phi) is 8.09. The van der Waals surface area contributed by atoms with Crippen LogP contribution < -0.4 is 15.4 Å². The van der Waals surface area contributed by atoms with E-state index < -0.39 is 5.91 Å². The number of hydrogen-bond donors (Lipinski definition) is 3. The molecule has 12 heteroatoms. The Morgan fingerprint density at radius 3 is 2.35 bits per heavy atom. The van der Waals surface area contributed by atoms with E-state index in [-0.39, 0.29) is 23.2 Å². The topological polar surface area (TPSA) is 165 Å². The number of ether oxygens (including phenoxy) is 1. The number of benzene rings is 4. The van der Waals surface area contributed by atoms with Gasteiger partial charge in [-0.25, -0.2) is 15.0 Å². The summed E-state index contributed by atoms with van der Waals surface area (Å²) in [6.07, 6.45) is 4.53. The van der Waals surface area contributed by atoms with Crippen LogP contribution in [0.25, 0.3) is 34.5 Å². The predicted octanol–water partition coefficient (Wildman–Crippen LogP) is 8.94. The normalized spacial score (nSPS) is 11.1. The van der Waals surface area contributed by atoms with Crippen LogP contribution in [0.15, 0.2) is 129 Å². The zero-order valence-electron chi connectivity index (χ0n) is 24.9. The average molecular weight is 637 g/mol. The molecule has 0 bridgehead atoms. The minimum atomic E-state index is -0.470. The van der Waals surface area contributed by atoms with Gasteiger partial charge in [0, 0.05) is 33.6 Å². The number of fused-ring (bicyclic) bond motifs is 1. The Bertz CT molecular complexity index is 2260. The molecule has 0 saturated carbocycles. The number of nitrogens with zero attached hydrogens (tertiary/aromatic N) is 4. The van der Waals surface area contributed by atoms with Crippen molar-refractivity contribution in [3.8, 4) is 28.7 Å². The molecule has 0 aliphatic carbocycles. The monoisotopic (exact) mass is 636 g/mol. The molecule has 3 N–H and O–H groups in total. The lowest BCUT2D eigenvalue weighted by Crippen LogP contribution is -2.12. The number of aromatic hydroxyl groups is 1. The molecule has 0 saturated heterocycles. The van der Waals surface area contributed by atoms with Crippen molar-refractivity contribution in [1.29, 1.82) is 0 Å². The van der Waals surface area contributed by atoms with Gasteiger partial charge in [-0.3, -0.25) is 4.79 Å². The molecular weight excluding hydrogens is 612 g/mol. The third-order valence-electron chi connectivity index (χ3n) is 7.02. The fraction of sp³-hybridized carbons (Fsp3) is 0. The maximum atomic E-state index is 13.2. The summed E-state index contributed by atoms with van der Waals surface area (Å²) < 4.78 is 16.8. The predicted molar refractivity (Wildman–Crippen MR) is 180 cm³/mol. The number of nitroso groups, excluding NO2 is 1. The lowest BCUT2D eigenvalue weighted by molar-refractivity contribution is 0.102. The van der Waals surface area contributed by atoms with Crippen LogP contribution in [0.5, 0.6) is 17.2 Å². The van der Waals surface area contributed by atoms with E-state index in [4.69, 9.17) is 13.6 Å². The van der Waals surface area contributed by atoms with Crippen molar-refractivity contribution in [2.24, 2.45) is 5.18 Å². The van der Waals surface area contributed by atoms with E-state index in [0.717, 1.165) is 5.75 Å². The maximum Gasteiger partial charge on any atom is 0.277 e. The number of carbonyl (C=O) groups is 1. The Morgan fingerprint density at radius 2 is 1.58 bits per heavy atom. The zero-order chi connectivity index (χ0) is 32.9. The lowest BCUT2D eigenvalue weighted by Gasteiger charge is -2.11. The molecule has 48 heavy (non-hydrogen) atoms. The van der Waals surface area contributed by atoms with Crippen LogP contribution in [0, 0.1) is 4.91 Å². The van der Waals surface area contributed by atoms with Crippen LogP contribution in [0.4, 0.5) is 23.1 Å². The van der Waals surface area contributed by atoms with Gasteiger partial charge < -0.3 is 29.3 Å². The van der Waals surface area contributed by atoms with E-state index in [1.165, 1.54) is 12.3 Å². The molecule has 0 unspecified atom stereocenters. The second-order valence-corrected chi connectivity index (χ2v) is 10.4. The van der Waals surface area contributed by atoms with E-state index in [0.29, 0.717) is 51.0 Å². The van der Waals surface area contributed by atoms with Crippen molar-refractivity contribution in [3.63, 3.8) is 0 Å². The summed E-state index contributed by atoms with van der Waals surface area (Å²) in [5.41, 5.74) is 2.46. The number of oxazole rings is 1. The first kappa shape index (κ1) is 29.6. The Hall–Kier alpha value is -7.08. The number of phenols is 1. The second kappa shape index (κ2) is 13.1. The van der Waals surface area contributed by atoms with Gasteiger partial charge in [-0.15, -0.1) is 4.91 Å². The van der Waals surface area contributed by atoms with Crippen LogP contribution in [0.2, 0.25) is 0 Å². The number of nitrogens with one attached hydrogen (secondary N) is 2. The molecule has 7 rings (SSSR count). The SMILES string of the molecule is O=Nc1ccc(/C=C/c2nc(Nc3ccc(O)cc3)c3ccc(NC(=O)c4coc(-c5ccc(Oc6ccccc6)cc5)n4)cc3n2)o1. The smallest absolute Gasteiger partial charge is 0.277 e. The summed E-state index contributed by atoms with van der Waals surface area (Å²) in [6.45, 7) is 0. The molecule has 0 atom stereocenters. The van der Waals surface area contributed by atoms with Crippen molar-refractivity contribution in [2.45, 2.75) is 0 Å². The molecule has 0 aliphatic heterocycles. The van der Waals surface area contributed by atoms with Crippen LogP contribution >= 0.6 is 0 Å². The minimum Gasteiger partial charge on any atom is -0.508 e. The van der Waals surface area contributed by atoms with Gasteiger partial charge in [0.15, 0.2) is 11.5 Å². The molecule has 7 aromatic rings. The molecule has 4 aromatic carbocycles. The third-order valence-corrected chi connectivity index (χ3v) is 7.02. The van der Waals surface area contributed by atoms with Crippen LogP contribution in [0.1, 0.15) is 22.1 Å². The number of phenolic OH excluding ortho intramolecular Hbond substituents is 1. The van der Waals surface area contributed by atoms with Gasteiger partial charge in [0.2, 0.25) is 5.89 Å². The summed E-state index contributed by atoms with van der Waals surface area (Å²) in [7, 11) is 0.